The summed E-state index contributed by atoms with van der Waals surface area (Å²) in [5.41, 5.74) is 3.95. The maximum atomic E-state index is 10.6. The first-order chi connectivity index (χ1) is 9.71. The molecule has 0 atom stereocenters. The third kappa shape index (κ3) is 3.12. The molecule has 3 nitrogen and oxygen atoms in total. The van der Waals surface area contributed by atoms with Gasteiger partial charge >= 0.3 is 0 Å². The summed E-state index contributed by atoms with van der Waals surface area (Å²) in [4.78, 5) is 0. The second-order valence-corrected chi connectivity index (χ2v) is 7.19. The van der Waals surface area contributed by atoms with Crippen molar-refractivity contribution in [3.63, 3.8) is 0 Å². The van der Waals surface area contributed by atoms with Crippen LogP contribution >= 0.6 is 0 Å². The van der Waals surface area contributed by atoms with Crippen molar-refractivity contribution >= 4 is 0 Å². The molecule has 0 bridgehead atoms. The fourth-order valence-corrected chi connectivity index (χ4v) is 2.64. The van der Waals surface area contributed by atoms with E-state index in [4.69, 9.17) is 5.10 Å². The minimum absolute atomic E-state index is 0.156. The van der Waals surface area contributed by atoms with E-state index in [1.54, 1.807) is 4.68 Å². The van der Waals surface area contributed by atoms with Gasteiger partial charge in [-0.15, -0.1) is 0 Å². The van der Waals surface area contributed by atoms with E-state index in [0.29, 0.717) is 11.8 Å². The molecule has 0 amide bonds. The van der Waals surface area contributed by atoms with Crippen LogP contribution in [-0.4, -0.2) is 14.9 Å². The van der Waals surface area contributed by atoms with Crippen LogP contribution in [0.5, 0.6) is 5.88 Å². The van der Waals surface area contributed by atoms with Gasteiger partial charge in [-0.3, -0.25) is 0 Å². The van der Waals surface area contributed by atoms with Gasteiger partial charge < -0.3 is 5.11 Å². The first-order valence-electron chi connectivity index (χ1n) is 7.58. The van der Waals surface area contributed by atoms with Gasteiger partial charge in [0.1, 0.15) is 5.69 Å². The summed E-state index contributed by atoms with van der Waals surface area (Å²) in [5, 5.41) is 15.4. The maximum Gasteiger partial charge on any atom is 0.213 e. The van der Waals surface area contributed by atoms with Gasteiger partial charge in [0.2, 0.25) is 5.88 Å². The van der Waals surface area contributed by atoms with Crippen LogP contribution in [0.2, 0.25) is 0 Å². The summed E-state index contributed by atoms with van der Waals surface area (Å²) in [6.45, 7) is 13.4. The molecule has 0 aliphatic rings. The molecule has 21 heavy (non-hydrogen) atoms. The lowest BCUT2D eigenvalue weighted by Crippen LogP contribution is -2.12. The zero-order valence-electron chi connectivity index (χ0n) is 13.9. The van der Waals surface area contributed by atoms with Crippen molar-refractivity contribution in [2.24, 2.45) is 5.92 Å². The zero-order chi connectivity index (χ0) is 15.8. The van der Waals surface area contributed by atoms with Crippen LogP contribution in [0.4, 0.5) is 0 Å². The van der Waals surface area contributed by atoms with Gasteiger partial charge in [0, 0.05) is 17.7 Å². The Morgan fingerprint density at radius 1 is 1.19 bits per heavy atom. The summed E-state index contributed by atoms with van der Waals surface area (Å²) in [6.07, 6.45) is 0. The van der Waals surface area contributed by atoms with E-state index >= 15 is 0 Å². The van der Waals surface area contributed by atoms with Gasteiger partial charge in [-0.05, 0) is 23.8 Å². The quantitative estimate of drug-likeness (QED) is 0.901. The minimum Gasteiger partial charge on any atom is -0.493 e. The molecule has 0 aliphatic heterocycles. The van der Waals surface area contributed by atoms with Gasteiger partial charge in [-0.1, -0.05) is 58.9 Å². The summed E-state index contributed by atoms with van der Waals surface area (Å²) in [6, 6.07) is 8.21. The van der Waals surface area contributed by atoms with Crippen LogP contribution in [0.1, 0.15) is 45.7 Å². The molecule has 114 valence electrons. The third-order valence-corrected chi connectivity index (χ3v) is 3.61. The highest BCUT2D eigenvalue weighted by Gasteiger charge is 2.29. The van der Waals surface area contributed by atoms with E-state index in [0.717, 1.165) is 23.4 Å². The Labute approximate surface area is 127 Å². The Morgan fingerprint density at radius 2 is 1.81 bits per heavy atom. The second kappa shape index (κ2) is 5.55. The van der Waals surface area contributed by atoms with Crippen molar-refractivity contribution < 1.29 is 5.11 Å². The van der Waals surface area contributed by atoms with Gasteiger partial charge in [0.05, 0.1) is 0 Å². The first kappa shape index (κ1) is 15.6. The molecule has 3 heteroatoms. The SMILES string of the molecule is Cc1ccccc1-c1nn(CC(C)C)c(O)c1C(C)(C)C. The largest absolute Gasteiger partial charge is 0.493 e. The van der Waals surface area contributed by atoms with E-state index in [1.807, 2.05) is 12.1 Å². The van der Waals surface area contributed by atoms with Crippen LogP contribution in [0.3, 0.4) is 0 Å². The number of aromatic nitrogens is 2. The van der Waals surface area contributed by atoms with Crippen LogP contribution in [0.25, 0.3) is 11.3 Å². The number of hydrogen-bond donors (Lipinski definition) is 1. The van der Waals surface area contributed by atoms with E-state index < -0.39 is 0 Å². The van der Waals surface area contributed by atoms with Crippen molar-refractivity contribution in [1.29, 1.82) is 0 Å². The van der Waals surface area contributed by atoms with Crippen molar-refractivity contribution in [3.05, 3.63) is 35.4 Å². The monoisotopic (exact) mass is 286 g/mol. The summed E-state index contributed by atoms with van der Waals surface area (Å²) >= 11 is 0. The smallest absolute Gasteiger partial charge is 0.213 e. The van der Waals surface area contributed by atoms with E-state index in [9.17, 15) is 5.11 Å². The Hall–Kier alpha value is -1.77. The molecule has 1 heterocycles. The average molecular weight is 286 g/mol. The summed E-state index contributed by atoms with van der Waals surface area (Å²) < 4.78 is 1.74. The van der Waals surface area contributed by atoms with Crippen molar-refractivity contribution in [2.45, 2.75) is 53.5 Å². The van der Waals surface area contributed by atoms with Gasteiger partial charge in [-0.25, -0.2) is 4.68 Å². The number of nitrogens with zero attached hydrogens (tertiary/aromatic N) is 2. The van der Waals surface area contributed by atoms with Crippen molar-refractivity contribution in [2.75, 3.05) is 0 Å². The molecule has 2 aromatic rings. The molecule has 1 aromatic heterocycles. The Kier molecular flexibility index (Phi) is 4.13. The van der Waals surface area contributed by atoms with Gasteiger partial charge in [-0.2, -0.15) is 5.10 Å². The van der Waals surface area contributed by atoms with Gasteiger partial charge in [0.25, 0.3) is 0 Å². The van der Waals surface area contributed by atoms with Crippen molar-refractivity contribution in [3.8, 4) is 17.1 Å². The number of aromatic hydroxyl groups is 1. The molecular formula is C18H26N2O. The lowest BCUT2D eigenvalue weighted by atomic mass is 9.84. The molecule has 0 aliphatic carbocycles. The first-order valence-corrected chi connectivity index (χ1v) is 7.58. The van der Waals surface area contributed by atoms with E-state index in [2.05, 4.69) is 53.7 Å². The number of aryl methyl sites for hydroxylation is 1. The molecule has 1 aromatic carbocycles. The average Bonchev–Trinajstić information content (AvgIpc) is 2.66. The lowest BCUT2D eigenvalue weighted by molar-refractivity contribution is 0.361. The van der Waals surface area contributed by atoms with E-state index in [-0.39, 0.29) is 5.41 Å². The maximum absolute atomic E-state index is 10.6. The topological polar surface area (TPSA) is 38.0 Å². The van der Waals surface area contributed by atoms with E-state index in [1.165, 1.54) is 5.56 Å². The fourth-order valence-electron chi connectivity index (χ4n) is 2.64. The summed E-state index contributed by atoms with van der Waals surface area (Å²) in [7, 11) is 0. The van der Waals surface area contributed by atoms with Gasteiger partial charge in [0.15, 0.2) is 0 Å². The molecule has 0 fully saturated rings. The summed E-state index contributed by atoms with van der Waals surface area (Å²) in [5.74, 6) is 0.739. The lowest BCUT2D eigenvalue weighted by Gasteiger charge is -2.19. The normalized spacial score (nSPS) is 12.1. The minimum atomic E-state index is -0.156. The Balaban J connectivity index is 2.67. The van der Waals surface area contributed by atoms with Crippen LogP contribution < -0.4 is 0 Å². The van der Waals surface area contributed by atoms with Crippen molar-refractivity contribution in [1.82, 2.24) is 9.78 Å². The van der Waals surface area contributed by atoms with Crippen LogP contribution in [0, 0.1) is 12.8 Å². The van der Waals surface area contributed by atoms with Crippen LogP contribution in [0.15, 0.2) is 24.3 Å². The molecule has 2 rings (SSSR count). The number of hydrogen-bond acceptors (Lipinski definition) is 2. The standard InChI is InChI=1S/C18H26N2O/c1-12(2)11-20-17(21)15(18(4,5)6)16(19-20)14-10-8-7-9-13(14)3/h7-10,12,21H,11H2,1-6H3. The molecule has 0 spiro atoms. The Bertz CT molecular complexity index is 633. The van der Waals surface area contributed by atoms with Crippen LogP contribution in [-0.2, 0) is 12.0 Å². The molecule has 0 unspecified atom stereocenters. The zero-order valence-corrected chi connectivity index (χ0v) is 13.9. The highest BCUT2D eigenvalue weighted by atomic mass is 16.3. The molecule has 0 saturated carbocycles. The highest BCUT2D eigenvalue weighted by molar-refractivity contribution is 5.70. The number of rotatable bonds is 3. The predicted molar refractivity (Wildman–Crippen MR) is 87.6 cm³/mol. The molecule has 1 N–H and O–H groups in total. The third-order valence-electron chi connectivity index (χ3n) is 3.61. The molecule has 0 saturated heterocycles. The number of benzene rings is 1. The molecular weight excluding hydrogens is 260 g/mol. The fraction of sp³-hybridized carbons (Fsp3) is 0.500. The Morgan fingerprint density at radius 3 is 2.33 bits per heavy atom. The predicted octanol–water partition coefficient (Wildman–Crippen LogP) is 4.52. The second-order valence-electron chi connectivity index (χ2n) is 7.19. The highest BCUT2D eigenvalue weighted by Crippen LogP contribution is 2.39. The molecule has 0 radical (unpaired) electrons.